The molecule has 0 aromatic heterocycles. The van der Waals surface area contributed by atoms with Gasteiger partial charge < -0.3 is 8.85 Å². The Morgan fingerprint density at radius 2 is 0.875 bits per heavy atom. The van der Waals surface area contributed by atoms with Crippen LogP contribution in [0.3, 0.4) is 0 Å². The standard InChI is InChI=1S/C13H30O2Si/c1-11(2,3)14-16(10,13(7,8)9)15-12(4,5)6/h1-10H3. The van der Waals surface area contributed by atoms with Gasteiger partial charge in [0.2, 0.25) is 0 Å². The Labute approximate surface area is 103 Å². The van der Waals surface area contributed by atoms with Crippen LogP contribution in [0.4, 0.5) is 0 Å². The molecule has 0 aromatic carbocycles. The fraction of sp³-hybridized carbons (Fsp3) is 1.00. The van der Waals surface area contributed by atoms with Crippen molar-refractivity contribution < 1.29 is 8.85 Å². The Morgan fingerprint density at radius 1 is 0.625 bits per heavy atom. The molecule has 0 saturated carbocycles. The molecule has 3 heteroatoms. The zero-order valence-electron chi connectivity index (χ0n) is 12.8. The van der Waals surface area contributed by atoms with Gasteiger partial charge in [0.15, 0.2) is 0 Å². The predicted octanol–water partition coefficient (Wildman–Crippen LogP) is 4.49. The van der Waals surface area contributed by atoms with Gasteiger partial charge in [0.05, 0.1) is 11.2 Å². The average Bonchev–Trinajstić information content (AvgIpc) is 1.72. The highest BCUT2D eigenvalue weighted by molar-refractivity contribution is 6.69. The van der Waals surface area contributed by atoms with E-state index in [1.807, 2.05) is 0 Å². The van der Waals surface area contributed by atoms with E-state index in [1.54, 1.807) is 0 Å². The molecule has 0 amide bonds. The zero-order chi connectivity index (χ0) is 13.4. The molecule has 0 aliphatic carbocycles. The minimum atomic E-state index is -2.22. The maximum Gasteiger partial charge on any atom is 0.341 e. The van der Waals surface area contributed by atoms with E-state index in [0.717, 1.165) is 0 Å². The van der Waals surface area contributed by atoms with Gasteiger partial charge in [-0.3, -0.25) is 0 Å². The lowest BCUT2D eigenvalue weighted by atomic mass is 10.2. The first-order valence-corrected chi connectivity index (χ1v) is 8.38. The van der Waals surface area contributed by atoms with Gasteiger partial charge in [0.1, 0.15) is 0 Å². The van der Waals surface area contributed by atoms with Crippen LogP contribution in [0.5, 0.6) is 0 Å². The summed E-state index contributed by atoms with van der Waals surface area (Å²) in [7, 11) is -2.22. The van der Waals surface area contributed by atoms with Crippen LogP contribution in [0.2, 0.25) is 11.6 Å². The van der Waals surface area contributed by atoms with E-state index >= 15 is 0 Å². The third-order valence-electron chi connectivity index (χ3n) is 2.36. The van der Waals surface area contributed by atoms with Gasteiger partial charge in [0.25, 0.3) is 0 Å². The van der Waals surface area contributed by atoms with E-state index in [-0.39, 0.29) is 16.2 Å². The molecule has 0 rings (SSSR count). The highest BCUT2D eigenvalue weighted by Crippen LogP contribution is 2.42. The summed E-state index contributed by atoms with van der Waals surface area (Å²) in [6.45, 7) is 21.3. The Balaban J connectivity index is 5.07. The lowest BCUT2D eigenvalue weighted by molar-refractivity contribution is 0.00650. The van der Waals surface area contributed by atoms with Crippen molar-refractivity contribution in [2.24, 2.45) is 0 Å². The van der Waals surface area contributed by atoms with Crippen LogP contribution in [0, 0.1) is 0 Å². The minimum Gasteiger partial charge on any atom is -0.389 e. The minimum absolute atomic E-state index is 0.0631. The Kier molecular flexibility index (Phi) is 4.47. The molecule has 0 fully saturated rings. The smallest absolute Gasteiger partial charge is 0.341 e. The van der Waals surface area contributed by atoms with E-state index in [4.69, 9.17) is 8.85 Å². The van der Waals surface area contributed by atoms with Gasteiger partial charge in [-0.05, 0) is 48.1 Å². The van der Waals surface area contributed by atoms with Crippen molar-refractivity contribution in [1.82, 2.24) is 0 Å². The van der Waals surface area contributed by atoms with E-state index in [9.17, 15) is 0 Å². The molecule has 2 nitrogen and oxygen atoms in total. The Morgan fingerprint density at radius 3 is 1.00 bits per heavy atom. The van der Waals surface area contributed by atoms with Crippen molar-refractivity contribution in [2.75, 3.05) is 0 Å². The monoisotopic (exact) mass is 246 g/mol. The fourth-order valence-electron chi connectivity index (χ4n) is 1.50. The first-order valence-electron chi connectivity index (χ1n) is 6.07. The predicted molar refractivity (Wildman–Crippen MR) is 73.0 cm³/mol. The lowest BCUT2D eigenvalue weighted by Gasteiger charge is -2.46. The number of hydrogen-bond acceptors (Lipinski definition) is 2. The number of hydrogen-bond donors (Lipinski definition) is 0. The molecule has 0 atom stereocenters. The van der Waals surface area contributed by atoms with Crippen molar-refractivity contribution in [3.63, 3.8) is 0 Å². The molecule has 0 N–H and O–H groups in total. The fourth-order valence-corrected chi connectivity index (χ4v) is 4.49. The molecular formula is C13H30O2Si. The van der Waals surface area contributed by atoms with Gasteiger partial charge in [-0.15, -0.1) is 0 Å². The Hall–Kier alpha value is 0.137. The maximum absolute atomic E-state index is 6.28. The van der Waals surface area contributed by atoms with Crippen LogP contribution in [-0.4, -0.2) is 19.8 Å². The third-order valence-corrected chi connectivity index (χ3v) is 7.09. The second-order valence-electron chi connectivity index (χ2n) is 7.62. The zero-order valence-corrected chi connectivity index (χ0v) is 13.8. The van der Waals surface area contributed by atoms with Crippen molar-refractivity contribution >= 4 is 8.56 Å². The lowest BCUT2D eigenvalue weighted by Crippen LogP contribution is -2.55. The van der Waals surface area contributed by atoms with Gasteiger partial charge >= 0.3 is 8.56 Å². The second-order valence-corrected chi connectivity index (χ2v) is 11.4. The summed E-state index contributed by atoms with van der Waals surface area (Å²) in [6, 6.07) is 0. The summed E-state index contributed by atoms with van der Waals surface area (Å²) in [5.41, 5.74) is -0.307. The molecule has 0 unspecified atom stereocenters. The molecule has 0 radical (unpaired) electrons. The van der Waals surface area contributed by atoms with Crippen LogP contribution in [0.25, 0.3) is 0 Å². The first-order chi connectivity index (χ1) is 6.66. The molecule has 0 spiro atoms. The molecule has 0 aliphatic heterocycles. The van der Waals surface area contributed by atoms with Crippen LogP contribution in [-0.2, 0) is 8.85 Å². The molecule has 0 aromatic rings. The summed E-state index contributed by atoms with van der Waals surface area (Å²) in [4.78, 5) is 0. The molecule has 0 bridgehead atoms. The topological polar surface area (TPSA) is 18.5 Å². The van der Waals surface area contributed by atoms with E-state index in [2.05, 4.69) is 68.9 Å². The normalized spacial score (nSPS) is 15.4. The highest BCUT2D eigenvalue weighted by atomic mass is 28.4. The first kappa shape index (κ1) is 16.1. The molecular weight excluding hydrogens is 216 g/mol. The quantitative estimate of drug-likeness (QED) is 0.668. The van der Waals surface area contributed by atoms with Crippen LogP contribution in [0.15, 0.2) is 0 Å². The van der Waals surface area contributed by atoms with Crippen LogP contribution < -0.4 is 0 Å². The van der Waals surface area contributed by atoms with Gasteiger partial charge in [0, 0.05) is 5.04 Å². The van der Waals surface area contributed by atoms with Crippen molar-refractivity contribution in [1.29, 1.82) is 0 Å². The summed E-state index contributed by atoms with van der Waals surface area (Å²) < 4.78 is 12.6. The van der Waals surface area contributed by atoms with Crippen molar-refractivity contribution in [3.05, 3.63) is 0 Å². The summed E-state index contributed by atoms with van der Waals surface area (Å²) in [6.07, 6.45) is 0. The van der Waals surface area contributed by atoms with Crippen LogP contribution in [0.1, 0.15) is 62.3 Å². The third kappa shape index (κ3) is 5.46. The Bertz CT molecular complexity index is 212. The molecule has 0 heterocycles. The van der Waals surface area contributed by atoms with Crippen LogP contribution >= 0.6 is 0 Å². The van der Waals surface area contributed by atoms with Gasteiger partial charge in [-0.2, -0.15) is 0 Å². The molecule has 0 saturated heterocycles. The second kappa shape index (κ2) is 4.43. The van der Waals surface area contributed by atoms with E-state index < -0.39 is 8.56 Å². The van der Waals surface area contributed by atoms with Crippen molar-refractivity contribution in [3.8, 4) is 0 Å². The molecule has 16 heavy (non-hydrogen) atoms. The largest absolute Gasteiger partial charge is 0.389 e. The summed E-state index contributed by atoms with van der Waals surface area (Å²) in [5, 5.41) is 0.0631. The summed E-state index contributed by atoms with van der Waals surface area (Å²) in [5.74, 6) is 0. The number of rotatable bonds is 2. The summed E-state index contributed by atoms with van der Waals surface area (Å²) >= 11 is 0. The average molecular weight is 246 g/mol. The maximum atomic E-state index is 6.28. The van der Waals surface area contributed by atoms with E-state index in [1.165, 1.54) is 0 Å². The van der Waals surface area contributed by atoms with Gasteiger partial charge in [-0.1, -0.05) is 20.8 Å². The van der Waals surface area contributed by atoms with Crippen molar-refractivity contribution in [2.45, 2.75) is 85.1 Å². The molecule has 0 aliphatic rings. The van der Waals surface area contributed by atoms with Gasteiger partial charge in [-0.25, -0.2) is 0 Å². The SMILES string of the molecule is CC(C)(C)O[Si](C)(OC(C)(C)C)C(C)(C)C. The van der Waals surface area contributed by atoms with E-state index in [0.29, 0.717) is 0 Å². The molecule has 98 valence electrons. The highest BCUT2D eigenvalue weighted by Gasteiger charge is 2.49.